The van der Waals surface area contributed by atoms with Crippen LogP contribution in [-0.2, 0) is 4.74 Å². The minimum Gasteiger partial charge on any atom is -0.377 e. The number of methoxy groups -OCH3 is 1. The van der Waals surface area contributed by atoms with E-state index in [9.17, 15) is 0 Å². The molecule has 0 heterocycles. The van der Waals surface area contributed by atoms with E-state index in [1.54, 1.807) is 7.11 Å². The third-order valence-electron chi connectivity index (χ3n) is 3.28. The van der Waals surface area contributed by atoms with Crippen LogP contribution in [0.4, 0.5) is 0 Å². The normalized spacial score (nSPS) is 22.2. The van der Waals surface area contributed by atoms with Crippen molar-refractivity contribution in [1.29, 1.82) is 0 Å². The zero-order valence-electron chi connectivity index (χ0n) is 9.31. The van der Waals surface area contributed by atoms with Crippen LogP contribution in [0.1, 0.15) is 45.4 Å². The molecule has 2 N–H and O–H groups in total. The Balaban J connectivity index is 2.60. The van der Waals surface area contributed by atoms with Crippen LogP contribution in [0.3, 0.4) is 0 Å². The zero-order chi connectivity index (χ0) is 10.4. The predicted molar refractivity (Wildman–Crippen MR) is 58.9 cm³/mol. The van der Waals surface area contributed by atoms with Gasteiger partial charge in [-0.05, 0) is 19.8 Å². The molecular weight excluding hydrogens is 174 g/mol. The van der Waals surface area contributed by atoms with E-state index in [-0.39, 0.29) is 11.6 Å². The minimum absolute atomic E-state index is 0.0697. The Morgan fingerprint density at radius 2 is 2.00 bits per heavy atom. The van der Waals surface area contributed by atoms with E-state index < -0.39 is 0 Å². The molecule has 0 aromatic carbocycles. The van der Waals surface area contributed by atoms with E-state index >= 15 is 0 Å². The fourth-order valence-corrected chi connectivity index (χ4v) is 2.27. The summed E-state index contributed by atoms with van der Waals surface area (Å²) in [5.41, 5.74) is 6.06. The zero-order valence-corrected chi connectivity index (χ0v) is 9.31. The molecule has 1 fully saturated rings. The maximum atomic E-state index is 6.15. The number of ether oxygens (including phenoxy) is 1. The van der Waals surface area contributed by atoms with Crippen LogP contribution in [0, 0.1) is 11.8 Å². The Morgan fingerprint density at radius 1 is 1.36 bits per heavy atom. The van der Waals surface area contributed by atoms with Crippen molar-refractivity contribution in [2.75, 3.05) is 7.11 Å². The molecule has 1 aliphatic carbocycles. The molecule has 0 saturated heterocycles. The van der Waals surface area contributed by atoms with Crippen LogP contribution in [0.5, 0.6) is 0 Å². The molecular formula is C12H21NO. The first-order chi connectivity index (χ1) is 6.75. The molecule has 0 aromatic rings. The van der Waals surface area contributed by atoms with Gasteiger partial charge in [-0.2, -0.15) is 0 Å². The Hall–Kier alpha value is -0.520. The van der Waals surface area contributed by atoms with Gasteiger partial charge in [0.2, 0.25) is 0 Å². The maximum Gasteiger partial charge on any atom is 0.0838 e. The summed E-state index contributed by atoms with van der Waals surface area (Å²) in [5, 5.41) is 0. The van der Waals surface area contributed by atoms with Gasteiger partial charge in [0.15, 0.2) is 0 Å². The van der Waals surface area contributed by atoms with Crippen molar-refractivity contribution in [1.82, 2.24) is 0 Å². The predicted octanol–water partition coefficient (Wildman–Crippen LogP) is 2.08. The smallest absolute Gasteiger partial charge is 0.0838 e. The first-order valence-electron chi connectivity index (χ1n) is 5.45. The first-order valence-corrected chi connectivity index (χ1v) is 5.45. The van der Waals surface area contributed by atoms with Gasteiger partial charge in [0.05, 0.1) is 5.60 Å². The van der Waals surface area contributed by atoms with Crippen molar-refractivity contribution >= 4 is 0 Å². The maximum absolute atomic E-state index is 6.15. The highest BCUT2D eigenvalue weighted by atomic mass is 16.5. The van der Waals surface area contributed by atoms with Crippen LogP contribution in [-0.4, -0.2) is 18.8 Å². The molecule has 1 aliphatic rings. The second kappa shape index (κ2) is 5.38. The van der Waals surface area contributed by atoms with Crippen LogP contribution in [0.25, 0.3) is 0 Å². The summed E-state index contributed by atoms with van der Waals surface area (Å²) in [6.07, 6.45) is 6.73. The van der Waals surface area contributed by atoms with Crippen LogP contribution >= 0.6 is 0 Å². The average molecular weight is 195 g/mol. The standard InChI is InChI=1S/C12H21NO/c1-3-4-8-11(13)12(14-2)9-6-5-7-10-12/h11H,5-10,13H2,1-2H3. The SMILES string of the molecule is CC#CCC(N)C1(OC)CCCCC1. The van der Waals surface area contributed by atoms with Gasteiger partial charge in [-0.3, -0.25) is 0 Å². The number of nitrogens with two attached hydrogens (primary N) is 1. The second-order valence-electron chi connectivity index (χ2n) is 4.07. The molecule has 1 saturated carbocycles. The largest absolute Gasteiger partial charge is 0.377 e. The van der Waals surface area contributed by atoms with Gasteiger partial charge in [-0.1, -0.05) is 19.3 Å². The van der Waals surface area contributed by atoms with Gasteiger partial charge in [-0.15, -0.1) is 11.8 Å². The highest BCUT2D eigenvalue weighted by Crippen LogP contribution is 2.34. The number of hydrogen-bond acceptors (Lipinski definition) is 2. The lowest BCUT2D eigenvalue weighted by Gasteiger charge is -2.40. The van der Waals surface area contributed by atoms with Crippen molar-refractivity contribution in [3.05, 3.63) is 0 Å². The molecule has 0 bridgehead atoms. The Kier molecular flexibility index (Phi) is 4.44. The van der Waals surface area contributed by atoms with Gasteiger partial charge >= 0.3 is 0 Å². The first kappa shape index (κ1) is 11.6. The quantitative estimate of drug-likeness (QED) is 0.700. The molecule has 1 unspecified atom stereocenters. The van der Waals surface area contributed by atoms with Gasteiger partial charge in [-0.25, -0.2) is 0 Å². The van der Waals surface area contributed by atoms with Crippen molar-refractivity contribution in [2.24, 2.45) is 5.73 Å². The number of rotatable bonds is 3. The summed E-state index contributed by atoms with van der Waals surface area (Å²) in [6.45, 7) is 1.85. The van der Waals surface area contributed by atoms with Crippen LogP contribution in [0.2, 0.25) is 0 Å². The molecule has 0 aromatic heterocycles. The molecule has 2 heteroatoms. The van der Waals surface area contributed by atoms with Gasteiger partial charge in [0, 0.05) is 19.6 Å². The Bertz CT molecular complexity index is 220. The molecule has 0 aliphatic heterocycles. The summed E-state index contributed by atoms with van der Waals surface area (Å²) in [4.78, 5) is 0. The number of hydrogen-bond donors (Lipinski definition) is 1. The summed E-state index contributed by atoms with van der Waals surface area (Å²) in [5.74, 6) is 5.94. The third-order valence-corrected chi connectivity index (χ3v) is 3.28. The molecule has 1 rings (SSSR count). The van der Waals surface area contributed by atoms with Gasteiger partial charge in [0.25, 0.3) is 0 Å². The van der Waals surface area contributed by atoms with Gasteiger partial charge in [0.1, 0.15) is 0 Å². The van der Waals surface area contributed by atoms with E-state index in [0.717, 1.165) is 19.3 Å². The van der Waals surface area contributed by atoms with E-state index in [1.807, 2.05) is 6.92 Å². The Labute approximate surface area is 87.2 Å². The summed E-state index contributed by atoms with van der Waals surface area (Å²) >= 11 is 0. The molecule has 14 heavy (non-hydrogen) atoms. The third kappa shape index (κ3) is 2.50. The monoisotopic (exact) mass is 195 g/mol. The second-order valence-corrected chi connectivity index (χ2v) is 4.07. The average Bonchev–Trinajstić information content (AvgIpc) is 2.26. The summed E-state index contributed by atoms with van der Waals surface area (Å²) in [7, 11) is 1.78. The lowest BCUT2D eigenvalue weighted by atomic mass is 9.78. The fraction of sp³-hybridized carbons (Fsp3) is 0.833. The highest BCUT2D eigenvalue weighted by Gasteiger charge is 2.37. The van der Waals surface area contributed by atoms with Crippen LogP contribution in [0.15, 0.2) is 0 Å². The molecule has 0 spiro atoms. The van der Waals surface area contributed by atoms with Gasteiger partial charge < -0.3 is 10.5 Å². The molecule has 80 valence electrons. The summed E-state index contributed by atoms with van der Waals surface area (Å²) < 4.78 is 5.64. The van der Waals surface area contributed by atoms with Crippen molar-refractivity contribution in [2.45, 2.75) is 57.1 Å². The Morgan fingerprint density at radius 3 is 2.50 bits per heavy atom. The molecule has 2 nitrogen and oxygen atoms in total. The van der Waals surface area contributed by atoms with Crippen LogP contribution < -0.4 is 5.73 Å². The summed E-state index contributed by atoms with van der Waals surface area (Å²) in [6, 6.07) is 0.0697. The lowest BCUT2D eigenvalue weighted by molar-refractivity contribution is -0.0572. The van der Waals surface area contributed by atoms with Crippen molar-refractivity contribution < 1.29 is 4.74 Å². The highest BCUT2D eigenvalue weighted by molar-refractivity contribution is 5.04. The topological polar surface area (TPSA) is 35.2 Å². The molecule has 0 radical (unpaired) electrons. The fourth-order valence-electron chi connectivity index (χ4n) is 2.27. The molecule has 0 amide bonds. The van der Waals surface area contributed by atoms with Crippen molar-refractivity contribution in [3.63, 3.8) is 0 Å². The van der Waals surface area contributed by atoms with E-state index in [0.29, 0.717) is 0 Å². The lowest BCUT2D eigenvalue weighted by Crippen LogP contribution is -2.50. The minimum atomic E-state index is -0.0951. The molecule has 1 atom stereocenters. The van der Waals surface area contributed by atoms with E-state index in [4.69, 9.17) is 10.5 Å². The van der Waals surface area contributed by atoms with Crippen molar-refractivity contribution in [3.8, 4) is 11.8 Å². The van der Waals surface area contributed by atoms with E-state index in [2.05, 4.69) is 11.8 Å². The van der Waals surface area contributed by atoms with E-state index in [1.165, 1.54) is 19.3 Å².